The van der Waals surface area contributed by atoms with Gasteiger partial charge in [0.25, 0.3) is 0 Å². The second kappa shape index (κ2) is 4.76. The van der Waals surface area contributed by atoms with Crippen LogP contribution in [0.1, 0.15) is 12.6 Å². The van der Waals surface area contributed by atoms with Crippen molar-refractivity contribution in [1.29, 1.82) is 0 Å². The van der Waals surface area contributed by atoms with E-state index in [0.29, 0.717) is 0 Å². The molecule has 0 amide bonds. The highest BCUT2D eigenvalue weighted by Crippen LogP contribution is 2.26. The summed E-state index contributed by atoms with van der Waals surface area (Å²) in [7, 11) is 0. The molecule has 2 aromatic heterocycles. The van der Waals surface area contributed by atoms with Gasteiger partial charge in [-0.1, -0.05) is 0 Å². The van der Waals surface area contributed by atoms with Crippen molar-refractivity contribution in [2.75, 3.05) is 29.5 Å². The van der Waals surface area contributed by atoms with Crippen molar-refractivity contribution in [3.8, 4) is 0 Å². The number of fused-ring (bicyclic) bond motifs is 1. The number of thioether (sulfide) groups is 1. The summed E-state index contributed by atoms with van der Waals surface area (Å²) in [6.07, 6.45) is 1.66. The number of anilines is 1. The maximum Gasteiger partial charge on any atom is 0.158 e. The molecule has 0 aliphatic carbocycles. The Bertz CT molecular complexity index is 559. The van der Waals surface area contributed by atoms with E-state index in [9.17, 15) is 0 Å². The zero-order valence-corrected chi connectivity index (χ0v) is 11.6. The van der Waals surface area contributed by atoms with E-state index < -0.39 is 0 Å². The quantitative estimate of drug-likeness (QED) is 0.825. The maximum atomic E-state index is 4.55. The number of hydrogen-bond donors (Lipinski definition) is 0. The molecular formula is C12H17N5S. The van der Waals surface area contributed by atoms with Crippen LogP contribution in [0.5, 0.6) is 0 Å². The molecule has 0 N–H and O–H groups in total. The van der Waals surface area contributed by atoms with Gasteiger partial charge >= 0.3 is 0 Å². The highest BCUT2D eigenvalue weighted by Gasteiger charge is 2.19. The molecule has 0 atom stereocenters. The molecule has 1 saturated heterocycles. The molecule has 0 spiro atoms. The molecule has 1 aliphatic rings. The highest BCUT2D eigenvalue weighted by atomic mass is 32.2. The van der Waals surface area contributed by atoms with Gasteiger partial charge in [0, 0.05) is 31.1 Å². The van der Waals surface area contributed by atoms with Crippen molar-refractivity contribution < 1.29 is 0 Å². The van der Waals surface area contributed by atoms with E-state index in [0.717, 1.165) is 42.2 Å². The second-order valence-electron chi connectivity index (χ2n) is 4.40. The van der Waals surface area contributed by atoms with E-state index in [1.807, 2.05) is 23.4 Å². The van der Waals surface area contributed by atoms with E-state index >= 15 is 0 Å². The van der Waals surface area contributed by atoms with Crippen LogP contribution in [0, 0.1) is 6.92 Å². The van der Waals surface area contributed by atoms with Gasteiger partial charge < -0.3 is 4.90 Å². The summed E-state index contributed by atoms with van der Waals surface area (Å²) in [6, 6.07) is 0. The molecular weight excluding hydrogens is 246 g/mol. The Balaban J connectivity index is 2.15. The van der Waals surface area contributed by atoms with Crippen LogP contribution in [0.15, 0.2) is 6.33 Å². The topological polar surface area (TPSA) is 46.8 Å². The Hall–Kier alpha value is -1.30. The van der Waals surface area contributed by atoms with Gasteiger partial charge in [-0.05, 0) is 13.8 Å². The minimum absolute atomic E-state index is 0.854. The predicted octanol–water partition coefficient (Wildman–Crippen LogP) is 1.71. The Kier molecular flexibility index (Phi) is 3.11. The summed E-state index contributed by atoms with van der Waals surface area (Å²) in [6.45, 7) is 7.09. The van der Waals surface area contributed by atoms with E-state index in [2.05, 4.69) is 26.9 Å². The third-order valence-electron chi connectivity index (χ3n) is 3.28. The average Bonchev–Trinajstić information content (AvgIpc) is 2.77. The Morgan fingerprint density at radius 3 is 2.78 bits per heavy atom. The number of aryl methyl sites for hydroxylation is 2. The maximum absolute atomic E-state index is 4.55. The molecule has 0 aromatic carbocycles. The minimum atomic E-state index is 0.854. The minimum Gasteiger partial charge on any atom is -0.353 e. The van der Waals surface area contributed by atoms with E-state index in [1.165, 1.54) is 11.5 Å². The normalized spacial score (nSPS) is 16.4. The summed E-state index contributed by atoms with van der Waals surface area (Å²) in [4.78, 5) is 11.2. The fourth-order valence-corrected chi connectivity index (χ4v) is 3.29. The standard InChI is InChI=1S/C12H17N5S/c1-3-17-11-10(9(2)15-17)13-8-14-12(11)16-4-6-18-7-5-16/h8H,3-7H2,1-2H3. The van der Waals surface area contributed by atoms with E-state index in [-0.39, 0.29) is 0 Å². The molecule has 2 aromatic rings. The number of rotatable bonds is 2. The van der Waals surface area contributed by atoms with Gasteiger partial charge in [0.1, 0.15) is 17.4 Å². The predicted molar refractivity (Wildman–Crippen MR) is 75.3 cm³/mol. The van der Waals surface area contributed by atoms with Crippen molar-refractivity contribution in [2.45, 2.75) is 20.4 Å². The SMILES string of the molecule is CCn1nc(C)c2ncnc(N3CCSCC3)c21. The fraction of sp³-hybridized carbons (Fsp3) is 0.583. The molecule has 3 rings (SSSR count). The van der Waals surface area contributed by atoms with Gasteiger partial charge in [0.05, 0.1) is 5.69 Å². The van der Waals surface area contributed by atoms with Gasteiger partial charge in [-0.15, -0.1) is 0 Å². The van der Waals surface area contributed by atoms with E-state index in [4.69, 9.17) is 0 Å². The fourth-order valence-electron chi connectivity index (χ4n) is 2.39. The van der Waals surface area contributed by atoms with Gasteiger partial charge in [-0.2, -0.15) is 16.9 Å². The van der Waals surface area contributed by atoms with Crippen molar-refractivity contribution in [3.63, 3.8) is 0 Å². The molecule has 96 valence electrons. The lowest BCUT2D eigenvalue weighted by Crippen LogP contribution is -2.33. The van der Waals surface area contributed by atoms with Crippen LogP contribution >= 0.6 is 11.8 Å². The summed E-state index contributed by atoms with van der Waals surface area (Å²) in [5.74, 6) is 3.39. The first-order valence-corrected chi connectivity index (χ1v) is 7.47. The van der Waals surface area contributed by atoms with Crippen LogP contribution in [-0.4, -0.2) is 44.3 Å². The van der Waals surface area contributed by atoms with Gasteiger partial charge in [0.2, 0.25) is 0 Å². The zero-order chi connectivity index (χ0) is 12.5. The van der Waals surface area contributed by atoms with Crippen LogP contribution in [-0.2, 0) is 6.54 Å². The van der Waals surface area contributed by atoms with Gasteiger partial charge in [0.15, 0.2) is 5.82 Å². The first-order valence-electron chi connectivity index (χ1n) is 6.32. The molecule has 18 heavy (non-hydrogen) atoms. The van der Waals surface area contributed by atoms with Gasteiger partial charge in [-0.25, -0.2) is 9.97 Å². The molecule has 1 aliphatic heterocycles. The van der Waals surface area contributed by atoms with Gasteiger partial charge in [-0.3, -0.25) is 4.68 Å². The third kappa shape index (κ3) is 1.84. The Morgan fingerprint density at radius 2 is 2.06 bits per heavy atom. The first kappa shape index (κ1) is 11.8. The molecule has 5 nitrogen and oxygen atoms in total. The third-order valence-corrected chi connectivity index (χ3v) is 4.23. The second-order valence-corrected chi connectivity index (χ2v) is 5.62. The zero-order valence-electron chi connectivity index (χ0n) is 10.8. The lowest BCUT2D eigenvalue weighted by Gasteiger charge is -2.27. The number of aromatic nitrogens is 4. The average molecular weight is 263 g/mol. The smallest absolute Gasteiger partial charge is 0.158 e. The van der Waals surface area contributed by atoms with Crippen LogP contribution in [0.4, 0.5) is 5.82 Å². The summed E-state index contributed by atoms with van der Waals surface area (Å²) < 4.78 is 2.02. The van der Waals surface area contributed by atoms with Crippen LogP contribution in [0.25, 0.3) is 11.0 Å². The largest absolute Gasteiger partial charge is 0.353 e. The lowest BCUT2D eigenvalue weighted by atomic mass is 10.3. The number of hydrogen-bond acceptors (Lipinski definition) is 5. The molecule has 0 saturated carbocycles. The molecule has 0 radical (unpaired) electrons. The Labute approximate surface area is 111 Å². The summed E-state index contributed by atoms with van der Waals surface area (Å²) in [5, 5.41) is 4.55. The van der Waals surface area contributed by atoms with Crippen LogP contribution in [0.3, 0.4) is 0 Å². The van der Waals surface area contributed by atoms with Crippen LogP contribution in [0.2, 0.25) is 0 Å². The van der Waals surface area contributed by atoms with Crippen molar-refractivity contribution >= 4 is 28.6 Å². The molecule has 1 fully saturated rings. The first-order chi connectivity index (χ1) is 8.81. The Morgan fingerprint density at radius 1 is 1.28 bits per heavy atom. The molecule has 6 heteroatoms. The van der Waals surface area contributed by atoms with Crippen LogP contribution < -0.4 is 4.90 Å². The van der Waals surface area contributed by atoms with Crippen molar-refractivity contribution in [1.82, 2.24) is 19.7 Å². The summed E-state index contributed by atoms with van der Waals surface area (Å²) in [5.41, 5.74) is 3.06. The molecule has 3 heterocycles. The molecule has 0 bridgehead atoms. The lowest BCUT2D eigenvalue weighted by molar-refractivity contribution is 0.673. The van der Waals surface area contributed by atoms with Crippen molar-refractivity contribution in [3.05, 3.63) is 12.0 Å². The highest BCUT2D eigenvalue weighted by molar-refractivity contribution is 7.99. The van der Waals surface area contributed by atoms with Crippen molar-refractivity contribution in [2.24, 2.45) is 0 Å². The summed E-state index contributed by atoms with van der Waals surface area (Å²) >= 11 is 2.01. The monoisotopic (exact) mass is 263 g/mol. The number of nitrogens with zero attached hydrogens (tertiary/aromatic N) is 5. The molecule has 0 unspecified atom stereocenters. The van der Waals surface area contributed by atoms with E-state index in [1.54, 1.807) is 6.33 Å².